The molecule has 0 aromatic heterocycles. The summed E-state index contributed by atoms with van der Waals surface area (Å²) in [5.41, 5.74) is 0. The molecule has 0 fully saturated rings. The van der Waals surface area contributed by atoms with Crippen molar-refractivity contribution in [2.75, 3.05) is 0 Å². The van der Waals surface area contributed by atoms with Crippen molar-refractivity contribution in [2.24, 2.45) is 0 Å². The minimum Gasteiger partial charge on any atom is -0.130 e. The van der Waals surface area contributed by atoms with E-state index in [2.05, 4.69) is 0 Å². The summed E-state index contributed by atoms with van der Waals surface area (Å²) in [5, 5.41) is 0. The summed E-state index contributed by atoms with van der Waals surface area (Å²) in [7, 11) is 0. The standard InChI is InChI=1S/Cl3HSi/c1-4(2)3/h4H/i4D. The van der Waals surface area contributed by atoms with Crippen LogP contribution in [0.15, 0.2) is 0 Å². The zero-order valence-corrected chi connectivity index (χ0v) is 4.90. The molecule has 0 amide bonds. The molecule has 0 aliphatic carbocycles. The normalized spacial score (nSPS) is 15.2. The van der Waals surface area contributed by atoms with Crippen molar-refractivity contribution in [2.45, 2.75) is 0 Å². The smallest absolute Gasteiger partial charge is 0.130 e. The third-order valence-electron chi connectivity index (χ3n) is 0. The number of rotatable bonds is 0. The van der Waals surface area contributed by atoms with Crippen molar-refractivity contribution in [3.63, 3.8) is 0 Å². The molecule has 0 atom stereocenters. The van der Waals surface area contributed by atoms with Crippen molar-refractivity contribution in [3.8, 4) is 0 Å². The van der Waals surface area contributed by atoms with Gasteiger partial charge < -0.3 is 0 Å². The zero-order chi connectivity index (χ0) is 4.50. The van der Waals surface area contributed by atoms with E-state index in [1.54, 1.807) is 0 Å². The molecule has 0 nitrogen and oxygen atoms in total. The van der Waals surface area contributed by atoms with Crippen molar-refractivity contribution in [1.29, 1.82) is 1.23 Å². The van der Waals surface area contributed by atoms with Crippen LogP contribution >= 0.6 is 33.2 Å². The Morgan fingerprint density at radius 1 is 1.50 bits per heavy atom. The van der Waals surface area contributed by atoms with Gasteiger partial charge in [-0.25, -0.2) is 0 Å². The monoisotopic (exact) mass is 135 g/mol. The highest BCUT2D eigenvalue weighted by Gasteiger charge is 1.85. The molecule has 0 spiro atoms. The topological polar surface area (TPSA) is 0 Å². The van der Waals surface area contributed by atoms with E-state index in [0.29, 0.717) is 0 Å². The predicted molar refractivity (Wildman–Crippen MR) is 24.7 cm³/mol. The fraction of sp³-hybridized carbons (Fsp3) is 0. The van der Waals surface area contributed by atoms with Crippen LogP contribution in [-0.2, 0) is 0 Å². The number of halogens is 3. The molecule has 0 bridgehead atoms. The van der Waals surface area contributed by atoms with E-state index >= 15 is 0 Å². The SMILES string of the molecule is [2H][Si](Cl)(Cl)Cl. The fourth-order valence-electron chi connectivity index (χ4n) is 0. The van der Waals surface area contributed by atoms with E-state index in [1.165, 1.54) is 0 Å². The molecule has 0 aliphatic rings. The van der Waals surface area contributed by atoms with Crippen LogP contribution in [0.1, 0.15) is 0 Å². The van der Waals surface area contributed by atoms with Crippen LogP contribution in [0.3, 0.4) is 0 Å². The van der Waals surface area contributed by atoms with E-state index in [9.17, 15) is 0 Å². The second-order valence-corrected chi connectivity index (χ2v) is 5.79. The fourth-order valence-corrected chi connectivity index (χ4v) is 0. The summed E-state index contributed by atoms with van der Waals surface area (Å²) in [5.74, 6) is 0. The Kier molecular flexibility index (Phi) is 1.91. The summed E-state index contributed by atoms with van der Waals surface area (Å²) >= 11 is 14.6. The molecular formula is HCl3Si. The van der Waals surface area contributed by atoms with Gasteiger partial charge in [-0.05, 0) is 0 Å². The van der Waals surface area contributed by atoms with Gasteiger partial charge in [0.1, 0.15) is 0 Å². The first-order chi connectivity index (χ1) is 2.00. The van der Waals surface area contributed by atoms with Gasteiger partial charge in [0.15, 0.2) is 0 Å². The third kappa shape index (κ3) is 11.4. The lowest BCUT2D eigenvalue weighted by Crippen LogP contribution is -1.66. The molecule has 0 aromatic carbocycles. The van der Waals surface area contributed by atoms with E-state index < -0.39 is 6.66 Å². The maximum Gasteiger partial charge on any atom is 0.326 e. The molecule has 0 rings (SSSR count). The highest BCUT2D eigenvalue weighted by Crippen LogP contribution is 1.97. The quantitative estimate of drug-likeness (QED) is 0.349. The van der Waals surface area contributed by atoms with Crippen molar-refractivity contribution in [3.05, 3.63) is 0 Å². The van der Waals surface area contributed by atoms with Crippen molar-refractivity contribution in [1.82, 2.24) is 0 Å². The molecule has 0 N–H and O–H groups in total. The predicted octanol–water partition coefficient (Wildman–Crippen LogP) is 1.42. The minimum absolute atomic E-state index is 2.94. The minimum atomic E-state index is -2.94. The van der Waals surface area contributed by atoms with E-state index in [0.717, 1.165) is 0 Å². The lowest BCUT2D eigenvalue weighted by Gasteiger charge is -1.65. The molecule has 0 saturated heterocycles. The molecular weight excluding hydrogens is 134 g/mol. The highest BCUT2D eigenvalue weighted by molar-refractivity contribution is 7.54. The third-order valence-corrected chi connectivity index (χ3v) is 0. The molecule has 0 saturated carbocycles. The van der Waals surface area contributed by atoms with Gasteiger partial charge in [0.25, 0.3) is 0 Å². The van der Waals surface area contributed by atoms with Gasteiger partial charge in [0, 0.05) is 0 Å². The van der Waals surface area contributed by atoms with Gasteiger partial charge in [-0.1, -0.05) is 0 Å². The summed E-state index contributed by atoms with van der Waals surface area (Å²) < 4.78 is 6.37. The Balaban J connectivity index is 3.02. The van der Waals surface area contributed by atoms with Gasteiger partial charge in [0.05, 0.1) is 1.23 Å². The van der Waals surface area contributed by atoms with Crippen molar-refractivity contribution >= 4 is 39.9 Å². The van der Waals surface area contributed by atoms with Gasteiger partial charge in [-0.15, -0.1) is 33.2 Å². The Morgan fingerprint density at radius 3 is 1.50 bits per heavy atom. The van der Waals surface area contributed by atoms with Crippen molar-refractivity contribution < 1.29 is 0 Å². The first kappa shape index (κ1) is 3.28. The lowest BCUT2D eigenvalue weighted by atomic mass is 27.7. The van der Waals surface area contributed by atoms with E-state index in [4.69, 9.17) is 34.5 Å². The molecule has 0 unspecified atom stereocenters. The first-order valence-corrected chi connectivity index (χ1v) is 5.10. The van der Waals surface area contributed by atoms with Crippen LogP contribution in [0.25, 0.3) is 0 Å². The zero-order valence-electron chi connectivity index (χ0n) is 2.63. The molecule has 0 aromatic rings. The molecule has 0 radical (unpaired) electrons. The Labute approximate surface area is 41.6 Å². The highest BCUT2D eigenvalue weighted by atomic mass is 35.8. The second-order valence-electron chi connectivity index (χ2n) is 0.214. The molecule has 0 heterocycles. The van der Waals surface area contributed by atoms with Crippen LogP contribution in [-0.4, -0.2) is 7.89 Å². The Bertz CT molecular complexity index is 22.4. The van der Waals surface area contributed by atoms with Gasteiger partial charge in [-0.2, -0.15) is 0 Å². The molecule has 0 aliphatic heterocycles. The Morgan fingerprint density at radius 2 is 1.50 bits per heavy atom. The van der Waals surface area contributed by atoms with Gasteiger partial charge in [-0.3, -0.25) is 0 Å². The summed E-state index contributed by atoms with van der Waals surface area (Å²) in [4.78, 5) is 0. The molecule has 4 heavy (non-hydrogen) atoms. The van der Waals surface area contributed by atoms with Crippen LogP contribution in [0, 0.1) is 0 Å². The average Bonchev–Trinajstić information content (AvgIpc) is 0.722. The largest absolute Gasteiger partial charge is 0.326 e. The lowest BCUT2D eigenvalue weighted by molar-refractivity contribution is 4.07. The van der Waals surface area contributed by atoms with Gasteiger partial charge >= 0.3 is 6.66 Å². The molecule has 4 heteroatoms. The number of hydrogen-bond acceptors (Lipinski definition) is 0. The first-order valence-electron chi connectivity index (χ1n) is 1.07. The summed E-state index contributed by atoms with van der Waals surface area (Å²) in [6.45, 7) is -2.94. The van der Waals surface area contributed by atoms with Gasteiger partial charge in [0.2, 0.25) is 0 Å². The Hall–Kier alpha value is 1.09. The van der Waals surface area contributed by atoms with Crippen LogP contribution in [0.4, 0.5) is 0 Å². The summed E-state index contributed by atoms with van der Waals surface area (Å²) in [6, 6.07) is 0. The van der Waals surface area contributed by atoms with Crippen LogP contribution in [0.2, 0.25) is 0 Å². The molecule has 26 valence electrons. The number of hydrogen-bond donors (Lipinski definition) is 0. The van der Waals surface area contributed by atoms with E-state index in [1.807, 2.05) is 0 Å². The van der Waals surface area contributed by atoms with Crippen LogP contribution in [0.5, 0.6) is 0 Å². The maximum atomic E-state index is 6.37. The maximum absolute atomic E-state index is 6.37. The van der Waals surface area contributed by atoms with E-state index in [-0.39, 0.29) is 0 Å². The average molecular weight is 136 g/mol. The second kappa shape index (κ2) is 2.33. The summed E-state index contributed by atoms with van der Waals surface area (Å²) in [6.07, 6.45) is 0. The van der Waals surface area contributed by atoms with Crippen LogP contribution < -0.4 is 0 Å².